The van der Waals surface area contributed by atoms with Gasteiger partial charge in [-0.3, -0.25) is 4.79 Å². The van der Waals surface area contributed by atoms with E-state index in [0.29, 0.717) is 41.2 Å². The van der Waals surface area contributed by atoms with Crippen LogP contribution in [0.15, 0.2) is 36.4 Å². The first-order chi connectivity index (χ1) is 13.9. The number of rotatable bonds is 5. The van der Waals surface area contributed by atoms with E-state index in [4.69, 9.17) is 27.9 Å². The van der Waals surface area contributed by atoms with E-state index in [-0.39, 0.29) is 11.9 Å². The molecule has 2 atom stereocenters. The summed E-state index contributed by atoms with van der Waals surface area (Å²) >= 11 is 12.1. The number of carbonyl (C=O) groups is 1. The summed E-state index contributed by atoms with van der Waals surface area (Å²) in [7, 11) is 2.16. The molecule has 2 aromatic carbocycles. The van der Waals surface area contributed by atoms with E-state index in [0.717, 1.165) is 25.2 Å². The lowest BCUT2D eigenvalue weighted by Crippen LogP contribution is -2.47. The quantitative estimate of drug-likeness (QED) is 0.601. The average molecular weight is 433 g/mol. The maximum absolute atomic E-state index is 13.2. The average Bonchev–Trinajstić information content (AvgIpc) is 2.99. The normalized spacial score (nSPS) is 21.0. The van der Waals surface area contributed by atoms with E-state index in [2.05, 4.69) is 42.0 Å². The zero-order chi connectivity index (χ0) is 20.5. The summed E-state index contributed by atoms with van der Waals surface area (Å²) in [6.07, 6.45) is 2.11. The third kappa shape index (κ3) is 4.25. The number of hydrogen-bond acceptors (Lipinski definition) is 3. The molecule has 2 aliphatic heterocycles. The smallest absolute Gasteiger partial charge is 0.227 e. The Labute approximate surface area is 182 Å². The van der Waals surface area contributed by atoms with Crippen LogP contribution in [0.4, 0.5) is 5.69 Å². The molecule has 0 aromatic heterocycles. The van der Waals surface area contributed by atoms with Crippen LogP contribution in [-0.4, -0.2) is 43.6 Å². The summed E-state index contributed by atoms with van der Waals surface area (Å²) in [6.45, 7) is 4.59. The topological polar surface area (TPSA) is 32.8 Å². The predicted molar refractivity (Wildman–Crippen MR) is 118 cm³/mol. The standard InChI is InChI=1S/C23H26Cl2N2O2/c1-15-5-7-20-17(12-15)18-14-26(2)10-9-21(18)27(20)23(28)4-3-11-29-22-8-6-16(24)13-19(22)25/h5-8,12-13,18,21H,3-4,9-11,14H2,1-2H3. The Morgan fingerprint density at radius 3 is 2.83 bits per heavy atom. The van der Waals surface area contributed by atoms with E-state index in [1.807, 2.05) is 0 Å². The van der Waals surface area contributed by atoms with Crippen LogP contribution in [0.25, 0.3) is 0 Å². The molecule has 2 heterocycles. The fourth-order valence-corrected chi connectivity index (χ4v) is 4.99. The predicted octanol–water partition coefficient (Wildman–Crippen LogP) is 5.30. The van der Waals surface area contributed by atoms with Crippen molar-refractivity contribution < 1.29 is 9.53 Å². The highest BCUT2D eigenvalue weighted by atomic mass is 35.5. The minimum atomic E-state index is 0.179. The summed E-state index contributed by atoms with van der Waals surface area (Å²) in [4.78, 5) is 17.6. The number of nitrogens with zero attached hydrogens (tertiary/aromatic N) is 2. The number of benzene rings is 2. The summed E-state index contributed by atoms with van der Waals surface area (Å²) < 4.78 is 5.74. The van der Waals surface area contributed by atoms with Crippen molar-refractivity contribution in [2.75, 3.05) is 31.6 Å². The Morgan fingerprint density at radius 1 is 1.21 bits per heavy atom. The Bertz CT molecular complexity index is 918. The molecule has 1 amide bonds. The number of ether oxygens (including phenoxy) is 1. The lowest BCUT2D eigenvalue weighted by Gasteiger charge is -2.36. The summed E-state index contributed by atoms with van der Waals surface area (Å²) in [5, 5.41) is 1.06. The molecule has 0 spiro atoms. The molecule has 6 heteroatoms. The first-order valence-electron chi connectivity index (χ1n) is 10.1. The van der Waals surface area contributed by atoms with Gasteiger partial charge in [0, 0.05) is 35.6 Å². The number of amides is 1. The second kappa shape index (κ2) is 8.55. The van der Waals surface area contributed by atoms with Gasteiger partial charge in [-0.2, -0.15) is 0 Å². The Kier molecular flexibility index (Phi) is 6.05. The van der Waals surface area contributed by atoms with E-state index in [9.17, 15) is 4.79 Å². The maximum atomic E-state index is 13.2. The Balaban J connectivity index is 1.41. The van der Waals surface area contributed by atoms with Gasteiger partial charge in [-0.05, 0) is 63.2 Å². The molecule has 0 bridgehead atoms. The molecule has 4 rings (SSSR count). The first kappa shape index (κ1) is 20.5. The van der Waals surface area contributed by atoms with Crippen molar-refractivity contribution >= 4 is 34.8 Å². The van der Waals surface area contributed by atoms with Crippen LogP contribution >= 0.6 is 23.2 Å². The van der Waals surface area contributed by atoms with E-state index in [1.165, 1.54) is 11.1 Å². The summed E-state index contributed by atoms with van der Waals surface area (Å²) in [6, 6.07) is 11.9. The SMILES string of the molecule is Cc1ccc2c(c1)C1CN(C)CCC1N2C(=O)CCCOc1ccc(Cl)cc1Cl. The molecule has 2 unspecified atom stereocenters. The number of anilines is 1. The van der Waals surface area contributed by atoms with Crippen molar-refractivity contribution in [2.45, 2.75) is 38.1 Å². The number of piperidine rings is 1. The number of hydrogen-bond donors (Lipinski definition) is 0. The largest absolute Gasteiger partial charge is 0.492 e. The fraction of sp³-hybridized carbons (Fsp3) is 0.435. The minimum absolute atomic E-state index is 0.179. The monoisotopic (exact) mass is 432 g/mol. The van der Waals surface area contributed by atoms with Crippen LogP contribution in [0, 0.1) is 6.92 Å². The zero-order valence-electron chi connectivity index (χ0n) is 16.8. The number of likely N-dealkylation sites (tertiary alicyclic amines) is 1. The number of halogens is 2. The van der Waals surface area contributed by atoms with Crippen molar-refractivity contribution in [3.63, 3.8) is 0 Å². The van der Waals surface area contributed by atoms with Gasteiger partial charge >= 0.3 is 0 Å². The summed E-state index contributed by atoms with van der Waals surface area (Å²) in [5.74, 6) is 1.18. The van der Waals surface area contributed by atoms with Gasteiger partial charge in [0.2, 0.25) is 5.91 Å². The third-order valence-electron chi connectivity index (χ3n) is 5.91. The molecule has 1 fully saturated rings. The molecule has 2 aliphatic rings. The van der Waals surface area contributed by atoms with Gasteiger partial charge in [0.15, 0.2) is 0 Å². The molecule has 0 radical (unpaired) electrons. The Morgan fingerprint density at radius 2 is 2.03 bits per heavy atom. The molecule has 154 valence electrons. The summed E-state index contributed by atoms with van der Waals surface area (Å²) in [5.41, 5.74) is 3.66. The van der Waals surface area contributed by atoms with Crippen LogP contribution in [0.3, 0.4) is 0 Å². The van der Waals surface area contributed by atoms with Crippen molar-refractivity contribution in [1.29, 1.82) is 0 Å². The molecular weight excluding hydrogens is 407 g/mol. The highest BCUT2D eigenvalue weighted by molar-refractivity contribution is 6.35. The highest BCUT2D eigenvalue weighted by Crippen LogP contribution is 2.45. The second-order valence-corrected chi connectivity index (χ2v) is 8.92. The van der Waals surface area contributed by atoms with Gasteiger partial charge in [0.25, 0.3) is 0 Å². The van der Waals surface area contributed by atoms with Crippen LogP contribution in [0.1, 0.15) is 36.3 Å². The highest BCUT2D eigenvalue weighted by Gasteiger charge is 2.43. The number of fused-ring (bicyclic) bond motifs is 3. The van der Waals surface area contributed by atoms with Crippen LogP contribution < -0.4 is 9.64 Å². The first-order valence-corrected chi connectivity index (χ1v) is 10.9. The maximum Gasteiger partial charge on any atom is 0.227 e. The number of aryl methyl sites for hydroxylation is 1. The van der Waals surface area contributed by atoms with Crippen molar-refractivity contribution in [1.82, 2.24) is 4.90 Å². The van der Waals surface area contributed by atoms with Gasteiger partial charge in [0.1, 0.15) is 5.75 Å². The third-order valence-corrected chi connectivity index (χ3v) is 6.44. The molecule has 0 saturated carbocycles. The number of likely N-dealkylation sites (N-methyl/N-ethyl adjacent to an activating group) is 1. The van der Waals surface area contributed by atoms with Crippen LogP contribution in [-0.2, 0) is 4.79 Å². The van der Waals surface area contributed by atoms with E-state index >= 15 is 0 Å². The fourth-order valence-electron chi connectivity index (χ4n) is 4.52. The van der Waals surface area contributed by atoms with Crippen molar-refractivity contribution in [3.05, 3.63) is 57.6 Å². The molecule has 1 saturated heterocycles. The van der Waals surface area contributed by atoms with Gasteiger partial charge < -0.3 is 14.5 Å². The van der Waals surface area contributed by atoms with Crippen LogP contribution in [0.2, 0.25) is 10.0 Å². The number of carbonyl (C=O) groups excluding carboxylic acids is 1. The minimum Gasteiger partial charge on any atom is -0.492 e. The van der Waals surface area contributed by atoms with E-state index in [1.54, 1.807) is 18.2 Å². The molecule has 0 aliphatic carbocycles. The molecule has 4 nitrogen and oxygen atoms in total. The molecular formula is C23H26Cl2N2O2. The van der Waals surface area contributed by atoms with Crippen molar-refractivity contribution in [2.24, 2.45) is 0 Å². The lowest BCUT2D eigenvalue weighted by molar-refractivity contribution is -0.119. The molecule has 29 heavy (non-hydrogen) atoms. The van der Waals surface area contributed by atoms with Gasteiger partial charge in [-0.15, -0.1) is 0 Å². The molecule has 2 aromatic rings. The zero-order valence-corrected chi connectivity index (χ0v) is 18.3. The second-order valence-electron chi connectivity index (χ2n) is 8.08. The van der Waals surface area contributed by atoms with E-state index < -0.39 is 0 Å². The van der Waals surface area contributed by atoms with Gasteiger partial charge in [-0.1, -0.05) is 40.9 Å². The van der Waals surface area contributed by atoms with Gasteiger partial charge in [0.05, 0.1) is 11.6 Å². The van der Waals surface area contributed by atoms with Crippen LogP contribution in [0.5, 0.6) is 5.75 Å². The lowest BCUT2D eigenvalue weighted by atomic mass is 9.89. The Hall–Kier alpha value is -1.75. The molecule has 0 N–H and O–H groups in total. The van der Waals surface area contributed by atoms with Crippen molar-refractivity contribution in [3.8, 4) is 5.75 Å². The van der Waals surface area contributed by atoms with Gasteiger partial charge in [-0.25, -0.2) is 0 Å².